The Bertz CT molecular complexity index is 1420. The second kappa shape index (κ2) is 8.29. The lowest BCUT2D eigenvalue weighted by atomic mass is 10.00. The van der Waals surface area contributed by atoms with E-state index in [0.29, 0.717) is 30.4 Å². The van der Waals surface area contributed by atoms with Gasteiger partial charge >= 0.3 is 0 Å². The van der Waals surface area contributed by atoms with Crippen LogP contribution in [0.1, 0.15) is 31.4 Å². The van der Waals surface area contributed by atoms with E-state index in [4.69, 9.17) is 9.97 Å². The molecule has 12 heteroatoms. The molecule has 2 bridgehead atoms. The molecule has 6 heterocycles. The van der Waals surface area contributed by atoms with Crippen LogP contribution >= 0.6 is 11.3 Å². The standard InChI is InChI=1S/C22H24N8O2S2/c1-13-9-19(29-28-13)25-20-18-6-8-33-21(18)27-22(26-20)24-14-10-15-4-5-16(11-14)30(15)34(31,32)17-3-2-7-23-12-17/h2-3,6-9,12,14-16H,4-5,10-11H2,1H3,(H3,24,25,26,27,28,29)/t14?,15-,16+. The van der Waals surface area contributed by atoms with E-state index >= 15 is 0 Å². The van der Waals surface area contributed by atoms with Crippen molar-refractivity contribution in [1.82, 2.24) is 29.5 Å². The fraction of sp³-hybridized carbons (Fsp3) is 0.364. The first-order valence-corrected chi connectivity index (χ1v) is 13.5. The van der Waals surface area contributed by atoms with Gasteiger partial charge in [-0.05, 0) is 56.2 Å². The number of nitrogens with zero attached hydrogens (tertiary/aromatic N) is 5. The molecule has 2 aliphatic rings. The fourth-order valence-electron chi connectivity index (χ4n) is 5.07. The molecule has 4 aromatic rings. The summed E-state index contributed by atoms with van der Waals surface area (Å²) >= 11 is 1.56. The predicted octanol–water partition coefficient (Wildman–Crippen LogP) is 3.66. The highest BCUT2D eigenvalue weighted by Crippen LogP contribution is 2.40. The Morgan fingerprint density at radius 2 is 2.00 bits per heavy atom. The minimum absolute atomic E-state index is 0.0449. The summed E-state index contributed by atoms with van der Waals surface area (Å²) in [4.78, 5) is 14.6. The molecule has 0 spiro atoms. The Morgan fingerprint density at radius 3 is 2.71 bits per heavy atom. The summed E-state index contributed by atoms with van der Waals surface area (Å²) in [7, 11) is -3.56. The summed E-state index contributed by atoms with van der Waals surface area (Å²) in [5, 5.41) is 16.9. The van der Waals surface area contributed by atoms with Crippen LogP contribution in [0.15, 0.2) is 46.9 Å². The number of aryl methyl sites for hydroxylation is 1. The van der Waals surface area contributed by atoms with Crippen LogP contribution in [0.25, 0.3) is 10.2 Å². The number of rotatable bonds is 6. The number of piperidine rings is 1. The van der Waals surface area contributed by atoms with Gasteiger partial charge < -0.3 is 10.6 Å². The quantitative estimate of drug-likeness (QED) is 0.369. The third-order valence-corrected chi connectivity index (χ3v) is 9.28. The zero-order valence-electron chi connectivity index (χ0n) is 18.5. The molecule has 0 saturated carbocycles. The van der Waals surface area contributed by atoms with Crippen LogP contribution in [0.2, 0.25) is 0 Å². The number of hydrogen-bond acceptors (Lipinski definition) is 9. The molecule has 2 saturated heterocycles. The van der Waals surface area contributed by atoms with Gasteiger partial charge in [0, 0.05) is 42.3 Å². The van der Waals surface area contributed by atoms with Crippen molar-refractivity contribution in [2.75, 3.05) is 10.6 Å². The lowest BCUT2D eigenvalue weighted by molar-refractivity contribution is 0.234. The maximum absolute atomic E-state index is 13.3. The summed E-state index contributed by atoms with van der Waals surface area (Å²) in [5.41, 5.74) is 0.958. The Kier molecular flexibility index (Phi) is 5.23. The SMILES string of the molecule is Cc1cc(Nc2nc(NC3C[C@H]4CC[C@@H](C3)N4S(=O)(=O)c3cccnc3)nc3sccc23)n[nH]1. The van der Waals surface area contributed by atoms with Crippen molar-refractivity contribution < 1.29 is 8.42 Å². The molecule has 0 aromatic carbocycles. The minimum Gasteiger partial charge on any atom is -0.351 e. The Morgan fingerprint density at radius 1 is 1.18 bits per heavy atom. The van der Waals surface area contributed by atoms with Crippen LogP contribution < -0.4 is 10.6 Å². The average molecular weight is 497 g/mol. The fourth-order valence-corrected chi connectivity index (χ4v) is 7.69. The first-order valence-electron chi connectivity index (χ1n) is 11.2. The molecule has 3 atom stereocenters. The van der Waals surface area contributed by atoms with Gasteiger partial charge in [0.05, 0.1) is 5.39 Å². The lowest BCUT2D eigenvalue weighted by Crippen LogP contribution is -2.49. The number of H-pyrrole nitrogens is 1. The Labute approximate surface area is 200 Å². The summed E-state index contributed by atoms with van der Waals surface area (Å²) in [6, 6.07) is 7.20. The first-order chi connectivity index (χ1) is 16.5. The highest BCUT2D eigenvalue weighted by Gasteiger charge is 2.47. The van der Waals surface area contributed by atoms with Gasteiger partial charge in [-0.25, -0.2) is 13.4 Å². The Hall–Kier alpha value is -3.09. The Balaban J connectivity index is 1.23. The largest absolute Gasteiger partial charge is 0.351 e. The third kappa shape index (κ3) is 3.81. The molecular weight excluding hydrogens is 472 g/mol. The minimum atomic E-state index is -3.56. The molecule has 6 rings (SSSR count). The smallest absolute Gasteiger partial charge is 0.245 e. The maximum Gasteiger partial charge on any atom is 0.245 e. The van der Waals surface area contributed by atoms with Crippen LogP contribution in [0, 0.1) is 6.92 Å². The molecule has 10 nitrogen and oxygen atoms in total. The second-order valence-corrected chi connectivity index (χ2v) is 11.6. The molecule has 2 aliphatic heterocycles. The molecule has 0 amide bonds. The number of aromatic nitrogens is 5. The van der Waals surface area contributed by atoms with Crippen molar-refractivity contribution >= 4 is 49.2 Å². The van der Waals surface area contributed by atoms with Gasteiger partial charge in [-0.15, -0.1) is 11.3 Å². The van der Waals surface area contributed by atoms with Crippen molar-refractivity contribution in [3.05, 3.63) is 47.7 Å². The number of fused-ring (bicyclic) bond motifs is 3. The van der Waals surface area contributed by atoms with Crippen molar-refractivity contribution in [2.24, 2.45) is 0 Å². The topological polar surface area (TPSA) is 129 Å². The molecule has 176 valence electrons. The van der Waals surface area contributed by atoms with Crippen LogP contribution in [-0.4, -0.2) is 56.0 Å². The van der Waals surface area contributed by atoms with Crippen molar-refractivity contribution in [1.29, 1.82) is 0 Å². The normalized spacial score (nSPS) is 22.8. The molecule has 4 aromatic heterocycles. The molecule has 1 unspecified atom stereocenters. The number of hydrogen-bond donors (Lipinski definition) is 3. The van der Waals surface area contributed by atoms with Crippen molar-refractivity contribution in [2.45, 2.75) is 55.6 Å². The zero-order chi connectivity index (χ0) is 23.3. The monoisotopic (exact) mass is 496 g/mol. The molecular formula is C22H24N8O2S2. The number of thiophene rings is 1. The molecule has 34 heavy (non-hydrogen) atoms. The highest BCUT2D eigenvalue weighted by molar-refractivity contribution is 7.89. The van der Waals surface area contributed by atoms with Crippen LogP contribution in [0.4, 0.5) is 17.6 Å². The van der Waals surface area contributed by atoms with Gasteiger partial charge in [0.1, 0.15) is 15.5 Å². The zero-order valence-corrected chi connectivity index (χ0v) is 20.1. The van der Waals surface area contributed by atoms with Gasteiger partial charge in [0.2, 0.25) is 16.0 Å². The maximum atomic E-state index is 13.3. The summed E-state index contributed by atoms with van der Waals surface area (Å²) in [6.07, 6.45) is 6.16. The number of aromatic amines is 1. The number of pyridine rings is 1. The van der Waals surface area contributed by atoms with E-state index in [1.165, 1.54) is 6.20 Å². The van der Waals surface area contributed by atoms with Crippen LogP contribution in [-0.2, 0) is 10.0 Å². The van der Waals surface area contributed by atoms with Crippen LogP contribution in [0.3, 0.4) is 0 Å². The molecule has 0 aliphatic carbocycles. The summed E-state index contributed by atoms with van der Waals surface area (Å²) in [5.74, 6) is 1.93. The van der Waals surface area contributed by atoms with E-state index in [2.05, 4.69) is 25.8 Å². The molecule has 0 radical (unpaired) electrons. The van der Waals surface area contributed by atoms with Gasteiger partial charge in [-0.2, -0.15) is 14.4 Å². The van der Waals surface area contributed by atoms with Gasteiger partial charge in [-0.3, -0.25) is 10.1 Å². The van der Waals surface area contributed by atoms with Gasteiger partial charge in [-0.1, -0.05) is 0 Å². The number of sulfonamides is 1. The summed E-state index contributed by atoms with van der Waals surface area (Å²) < 4.78 is 28.3. The van der Waals surface area contributed by atoms with Crippen LogP contribution in [0.5, 0.6) is 0 Å². The number of anilines is 3. The van der Waals surface area contributed by atoms with E-state index in [9.17, 15) is 8.42 Å². The average Bonchev–Trinajstić information content (AvgIpc) is 3.53. The second-order valence-electron chi connectivity index (χ2n) is 8.82. The molecule has 3 N–H and O–H groups in total. The van der Waals surface area contributed by atoms with Gasteiger partial charge in [0.15, 0.2) is 5.82 Å². The highest BCUT2D eigenvalue weighted by atomic mass is 32.2. The van der Waals surface area contributed by atoms with Crippen molar-refractivity contribution in [3.8, 4) is 0 Å². The van der Waals surface area contributed by atoms with E-state index in [-0.39, 0.29) is 23.0 Å². The first kappa shape index (κ1) is 21.4. The summed E-state index contributed by atoms with van der Waals surface area (Å²) in [6.45, 7) is 1.94. The lowest BCUT2D eigenvalue weighted by Gasteiger charge is -2.38. The molecule has 2 fully saturated rings. The van der Waals surface area contributed by atoms with Crippen molar-refractivity contribution in [3.63, 3.8) is 0 Å². The number of nitrogens with one attached hydrogen (secondary N) is 3. The predicted molar refractivity (Wildman–Crippen MR) is 131 cm³/mol. The third-order valence-electron chi connectivity index (χ3n) is 6.49. The van der Waals surface area contributed by atoms with E-state index < -0.39 is 10.0 Å². The van der Waals surface area contributed by atoms with Gasteiger partial charge in [0.25, 0.3) is 0 Å². The van der Waals surface area contributed by atoms with E-state index in [1.54, 1.807) is 34.0 Å². The van der Waals surface area contributed by atoms with E-state index in [0.717, 1.165) is 28.8 Å². The van der Waals surface area contributed by atoms with E-state index in [1.807, 2.05) is 24.4 Å².